The summed E-state index contributed by atoms with van der Waals surface area (Å²) in [7, 11) is 2.22. The number of fused-ring (bicyclic) bond motifs is 3. The van der Waals surface area contributed by atoms with Crippen LogP contribution < -0.4 is 0 Å². The number of halogens is 1. The average Bonchev–Trinajstić information content (AvgIpc) is 2.76. The van der Waals surface area contributed by atoms with Crippen LogP contribution >= 0.6 is 11.6 Å². The van der Waals surface area contributed by atoms with E-state index in [0.29, 0.717) is 0 Å². The predicted octanol–water partition coefficient (Wildman–Crippen LogP) is 5.35. The fourth-order valence-electron chi connectivity index (χ4n) is 4.02. The molecule has 3 aromatic rings. The zero-order chi connectivity index (χ0) is 18.3. The predicted molar refractivity (Wildman–Crippen MR) is 112 cm³/mol. The molecular formula is C23H25ClN2. The smallest absolute Gasteiger partial charge is 0.0488 e. The normalized spacial score (nSPS) is 15.0. The number of rotatable bonds is 3. The van der Waals surface area contributed by atoms with Crippen LogP contribution in [0.15, 0.2) is 49.0 Å². The van der Waals surface area contributed by atoms with Gasteiger partial charge in [-0.3, -0.25) is 0 Å². The number of hydrogen-bond acceptors (Lipinski definition) is 1. The van der Waals surface area contributed by atoms with Crippen LogP contribution in [0.1, 0.15) is 22.4 Å². The number of aromatic nitrogens is 1. The molecule has 0 saturated heterocycles. The molecule has 0 saturated carbocycles. The van der Waals surface area contributed by atoms with Crippen molar-refractivity contribution in [2.75, 3.05) is 20.1 Å². The molecule has 0 atom stereocenters. The van der Waals surface area contributed by atoms with Crippen LogP contribution in [0.25, 0.3) is 16.5 Å². The highest BCUT2D eigenvalue weighted by atomic mass is 35.5. The van der Waals surface area contributed by atoms with Crippen LogP contribution in [0.5, 0.6) is 0 Å². The van der Waals surface area contributed by atoms with Crippen LogP contribution in [0.3, 0.4) is 0 Å². The van der Waals surface area contributed by atoms with Gasteiger partial charge in [0.15, 0.2) is 0 Å². The quantitative estimate of drug-likeness (QED) is 0.608. The molecule has 1 aliphatic heterocycles. The molecule has 3 heteroatoms. The monoisotopic (exact) mass is 364 g/mol. The summed E-state index contributed by atoms with van der Waals surface area (Å²) in [5.41, 5.74) is 7.94. The van der Waals surface area contributed by atoms with Crippen LogP contribution in [-0.4, -0.2) is 29.6 Å². The van der Waals surface area contributed by atoms with E-state index >= 15 is 0 Å². The van der Waals surface area contributed by atoms with Gasteiger partial charge in [-0.05, 0) is 61.4 Å². The molecule has 1 aromatic heterocycles. The molecule has 0 N–H and O–H groups in total. The van der Waals surface area contributed by atoms with Crippen molar-refractivity contribution < 1.29 is 0 Å². The first-order valence-electron chi connectivity index (χ1n) is 9.26. The molecule has 2 nitrogen and oxygen atoms in total. The molecule has 0 amide bonds. The fourth-order valence-corrected chi connectivity index (χ4v) is 4.14. The first kappa shape index (κ1) is 17.4. The molecule has 0 spiro atoms. The van der Waals surface area contributed by atoms with E-state index in [0.717, 1.165) is 48.6 Å². The zero-order valence-corrected chi connectivity index (χ0v) is 16.3. The maximum atomic E-state index is 6.04. The Morgan fingerprint density at radius 2 is 1.81 bits per heavy atom. The van der Waals surface area contributed by atoms with Gasteiger partial charge in [0.2, 0.25) is 0 Å². The molecule has 134 valence electrons. The average molecular weight is 365 g/mol. The minimum Gasteiger partial charge on any atom is -0.340 e. The number of allylic oxidation sites excluding steroid dienone is 1. The maximum absolute atomic E-state index is 6.04. The molecule has 1 aliphatic rings. The van der Waals surface area contributed by atoms with E-state index in [-0.39, 0.29) is 0 Å². The minimum atomic E-state index is 0.764. The van der Waals surface area contributed by atoms with Gasteiger partial charge < -0.3 is 9.47 Å². The number of benzene rings is 2. The first-order chi connectivity index (χ1) is 12.5. The van der Waals surface area contributed by atoms with Gasteiger partial charge in [-0.1, -0.05) is 41.9 Å². The molecule has 0 fully saturated rings. The Morgan fingerprint density at radius 1 is 1.08 bits per heavy atom. The Bertz CT molecular complexity index is 966. The zero-order valence-electron chi connectivity index (χ0n) is 15.6. The van der Waals surface area contributed by atoms with Crippen molar-refractivity contribution >= 4 is 28.1 Å². The lowest BCUT2D eigenvalue weighted by Crippen LogP contribution is -2.21. The van der Waals surface area contributed by atoms with E-state index in [9.17, 15) is 0 Å². The lowest BCUT2D eigenvalue weighted by atomic mass is 10.1. The van der Waals surface area contributed by atoms with Crippen LogP contribution in [-0.2, 0) is 19.4 Å². The highest BCUT2D eigenvalue weighted by molar-refractivity contribution is 6.30. The van der Waals surface area contributed by atoms with Gasteiger partial charge >= 0.3 is 0 Å². The van der Waals surface area contributed by atoms with Crippen LogP contribution in [0.2, 0.25) is 5.02 Å². The van der Waals surface area contributed by atoms with Crippen LogP contribution in [0, 0.1) is 6.92 Å². The van der Waals surface area contributed by atoms with Gasteiger partial charge in [0, 0.05) is 47.7 Å². The summed E-state index contributed by atoms with van der Waals surface area (Å²) < 4.78 is 2.49. The van der Waals surface area contributed by atoms with Crippen LogP contribution in [0.4, 0.5) is 0 Å². The third-order valence-corrected chi connectivity index (χ3v) is 5.77. The Balaban J connectivity index is 1.79. The van der Waals surface area contributed by atoms with E-state index < -0.39 is 0 Å². The third-order valence-electron chi connectivity index (χ3n) is 5.52. The summed E-state index contributed by atoms with van der Waals surface area (Å²) in [6, 6.07) is 14.8. The van der Waals surface area contributed by atoms with Crippen molar-refractivity contribution in [2.45, 2.75) is 26.3 Å². The summed E-state index contributed by atoms with van der Waals surface area (Å²) in [5.74, 6) is 0. The number of likely N-dealkylation sites (N-methyl/N-ethyl adjacent to an activating group) is 1. The van der Waals surface area contributed by atoms with E-state index in [1.54, 1.807) is 0 Å². The maximum Gasteiger partial charge on any atom is 0.0488 e. The van der Waals surface area contributed by atoms with Crippen molar-refractivity contribution in [1.29, 1.82) is 0 Å². The Hall–Kier alpha value is -2.03. The van der Waals surface area contributed by atoms with E-state index in [1.165, 1.54) is 27.7 Å². The number of nitrogens with zero attached hydrogens (tertiary/aromatic N) is 2. The Morgan fingerprint density at radius 3 is 2.58 bits per heavy atom. The van der Waals surface area contributed by atoms with Crippen molar-refractivity contribution in [2.24, 2.45) is 0 Å². The first-order valence-corrected chi connectivity index (χ1v) is 9.63. The van der Waals surface area contributed by atoms with Gasteiger partial charge in [0.1, 0.15) is 0 Å². The Kier molecular flexibility index (Phi) is 4.64. The van der Waals surface area contributed by atoms with Gasteiger partial charge in [-0.15, -0.1) is 0 Å². The highest BCUT2D eigenvalue weighted by Crippen LogP contribution is 2.32. The second kappa shape index (κ2) is 6.94. The van der Waals surface area contributed by atoms with Gasteiger partial charge in [-0.2, -0.15) is 0 Å². The fraction of sp³-hybridized carbons (Fsp3) is 0.304. The summed E-state index contributed by atoms with van der Waals surface area (Å²) in [5, 5.41) is 2.18. The molecule has 2 heterocycles. The molecule has 26 heavy (non-hydrogen) atoms. The second-order valence-corrected chi connectivity index (χ2v) is 7.88. The SMILES string of the molecule is C=C(Cn1c2c(c3cc(C)ccc31)CCN(C)CC2)c1ccc(Cl)cc1. The highest BCUT2D eigenvalue weighted by Gasteiger charge is 2.21. The standard InChI is InChI=1S/C23H25ClN2/c1-16-4-9-22-21(14-16)20-10-12-25(3)13-11-23(20)26(22)15-17(2)18-5-7-19(24)8-6-18/h4-9,14H,2,10-13,15H2,1,3H3. The molecule has 2 aromatic carbocycles. The molecule has 0 aliphatic carbocycles. The van der Waals surface area contributed by atoms with Crippen molar-refractivity contribution in [3.8, 4) is 0 Å². The molecule has 0 radical (unpaired) electrons. The topological polar surface area (TPSA) is 8.17 Å². The Labute approximate surface area is 160 Å². The molecular weight excluding hydrogens is 340 g/mol. The third kappa shape index (κ3) is 3.20. The molecule has 4 rings (SSSR count). The lowest BCUT2D eigenvalue weighted by molar-refractivity contribution is 0.351. The molecule has 0 bridgehead atoms. The van der Waals surface area contributed by atoms with Crippen molar-refractivity contribution in [1.82, 2.24) is 9.47 Å². The van der Waals surface area contributed by atoms with E-state index in [2.05, 4.69) is 60.3 Å². The summed E-state index contributed by atoms with van der Waals surface area (Å²) in [4.78, 5) is 2.43. The van der Waals surface area contributed by atoms with Gasteiger partial charge in [0.05, 0.1) is 0 Å². The summed E-state index contributed by atoms with van der Waals surface area (Å²) >= 11 is 6.04. The number of hydrogen-bond donors (Lipinski definition) is 0. The van der Waals surface area contributed by atoms with E-state index in [1.807, 2.05) is 12.1 Å². The van der Waals surface area contributed by atoms with Gasteiger partial charge in [-0.25, -0.2) is 0 Å². The van der Waals surface area contributed by atoms with Gasteiger partial charge in [0.25, 0.3) is 0 Å². The largest absolute Gasteiger partial charge is 0.340 e. The number of aryl methyl sites for hydroxylation is 1. The molecule has 0 unspecified atom stereocenters. The van der Waals surface area contributed by atoms with Crippen molar-refractivity contribution in [3.63, 3.8) is 0 Å². The summed E-state index contributed by atoms with van der Waals surface area (Å²) in [6.45, 7) is 9.60. The van der Waals surface area contributed by atoms with Crippen molar-refractivity contribution in [3.05, 3.63) is 76.5 Å². The lowest BCUT2D eigenvalue weighted by Gasteiger charge is -2.15. The second-order valence-electron chi connectivity index (χ2n) is 7.45. The van der Waals surface area contributed by atoms with E-state index in [4.69, 9.17) is 11.6 Å². The summed E-state index contributed by atoms with van der Waals surface area (Å²) in [6.07, 6.45) is 2.21. The minimum absolute atomic E-state index is 0.764.